The highest BCUT2D eigenvalue weighted by molar-refractivity contribution is 6.00. The number of aryl methyl sites for hydroxylation is 1. The number of nitrogens with one attached hydrogen (secondary N) is 2. The van der Waals surface area contributed by atoms with Gasteiger partial charge >= 0.3 is 5.97 Å². The minimum absolute atomic E-state index is 0.0704. The molecule has 0 aliphatic carbocycles. The molecule has 0 fully saturated rings. The Hall–Kier alpha value is -4.07. The molecule has 0 unspecified atom stereocenters. The molecule has 0 spiro atoms. The van der Waals surface area contributed by atoms with Crippen molar-refractivity contribution in [2.45, 2.75) is 25.4 Å². The lowest BCUT2D eigenvalue weighted by Crippen LogP contribution is -2.40. The van der Waals surface area contributed by atoms with E-state index < -0.39 is 23.9 Å². The second kappa shape index (κ2) is 8.74. The van der Waals surface area contributed by atoms with Crippen LogP contribution in [0.3, 0.4) is 0 Å². The molecule has 1 atom stereocenters. The van der Waals surface area contributed by atoms with E-state index in [-0.39, 0.29) is 19.3 Å². The Balaban J connectivity index is 1.53. The Kier molecular flexibility index (Phi) is 5.70. The Morgan fingerprint density at radius 1 is 1.03 bits per heavy atom. The fraction of sp³-hybridized carbons (Fsp3) is 0.174. The molecule has 3 aromatic rings. The molecule has 31 heavy (non-hydrogen) atoms. The third-order valence-corrected chi connectivity index (χ3v) is 4.94. The van der Waals surface area contributed by atoms with Crippen LogP contribution < -0.4 is 15.5 Å². The van der Waals surface area contributed by atoms with E-state index in [9.17, 15) is 14.4 Å². The molecule has 0 saturated heterocycles. The monoisotopic (exact) mass is 419 g/mol. The molecule has 0 bridgehead atoms. The number of carboxylic acids is 1. The van der Waals surface area contributed by atoms with Crippen LogP contribution in [-0.2, 0) is 20.8 Å². The van der Waals surface area contributed by atoms with Crippen molar-refractivity contribution in [1.82, 2.24) is 4.68 Å². The van der Waals surface area contributed by atoms with E-state index in [0.717, 1.165) is 5.56 Å². The van der Waals surface area contributed by atoms with Crippen molar-refractivity contribution < 1.29 is 24.2 Å². The van der Waals surface area contributed by atoms with Crippen LogP contribution in [-0.4, -0.2) is 33.7 Å². The Labute approximate surface area is 178 Å². The maximum absolute atomic E-state index is 12.8. The van der Waals surface area contributed by atoms with E-state index in [2.05, 4.69) is 10.7 Å². The molecule has 0 saturated carbocycles. The summed E-state index contributed by atoms with van der Waals surface area (Å²) in [6, 6.07) is 20.1. The second-order valence-corrected chi connectivity index (χ2v) is 7.14. The van der Waals surface area contributed by atoms with Crippen molar-refractivity contribution in [3.05, 3.63) is 72.4 Å². The fourth-order valence-electron chi connectivity index (χ4n) is 3.44. The van der Waals surface area contributed by atoms with Gasteiger partial charge in [-0.05, 0) is 24.3 Å². The Morgan fingerprint density at radius 2 is 1.77 bits per heavy atom. The van der Waals surface area contributed by atoms with Crippen molar-refractivity contribution in [2.24, 2.45) is 0 Å². The summed E-state index contributed by atoms with van der Waals surface area (Å²) in [6.07, 6.45) is -0.978. The number of aromatic nitrogens is 1. The average Bonchev–Trinajstić information content (AvgIpc) is 3.15. The summed E-state index contributed by atoms with van der Waals surface area (Å²) in [7, 11) is 0. The quantitative estimate of drug-likeness (QED) is 0.545. The molecule has 0 radical (unpaired) electrons. The van der Waals surface area contributed by atoms with Crippen molar-refractivity contribution in [3.8, 4) is 17.0 Å². The van der Waals surface area contributed by atoms with Gasteiger partial charge in [0.05, 0.1) is 24.2 Å². The lowest BCUT2D eigenvalue weighted by molar-refractivity contribution is -0.137. The van der Waals surface area contributed by atoms with Gasteiger partial charge in [-0.2, -0.15) is 0 Å². The number of carbonyl (C=O) groups is 3. The van der Waals surface area contributed by atoms with Gasteiger partial charge in [0, 0.05) is 17.7 Å². The number of rotatable bonds is 7. The van der Waals surface area contributed by atoms with Gasteiger partial charge < -0.3 is 15.2 Å². The van der Waals surface area contributed by atoms with E-state index in [1.54, 1.807) is 35.0 Å². The third kappa shape index (κ3) is 4.58. The number of para-hydroxylation sites is 2. The number of nitrogens with zero attached hydrogens (tertiary/aromatic N) is 1. The van der Waals surface area contributed by atoms with Crippen molar-refractivity contribution in [1.29, 1.82) is 0 Å². The first-order chi connectivity index (χ1) is 15.0. The summed E-state index contributed by atoms with van der Waals surface area (Å²) >= 11 is 0. The van der Waals surface area contributed by atoms with Gasteiger partial charge in [-0.1, -0.05) is 42.5 Å². The summed E-state index contributed by atoms with van der Waals surface area (Å²) in [4.78, 5) is 36.2. The molecule has 2 heterocycles. The lowest BCUT2D eigenvalue weighted by atomic mass is 10.1. The number of hydrogen-bond acceptors (Lipinski definition) is 4. The van der Waals surface area contributed by atoms with E-state index in [4.69, 9.17) is 9.84 Å². The van der Waals surface area contributed by atoms with Gasteiger partial charge in [0.25, 0.3) is 5.91 Å². The summed E-state index contributed by atoms with van der Waals surface area (Å²) in [5.74, 6) is -1.24. The summed E-state index contributed by atoms with van der Waals surface area (Å²) in [5.41, 5.74) is 5.59. The molecule has 4 rings (SSSR count). The highest BCUT2D eigenvalue weighted by atomic mass is 16.5. The molecule has 2 amide bonds. The van der Waals surface area contributed by atoms with Gasteiger partial charge in [-0.3, -0.25) is 24.5 Å². The predicted molar refractivity (Wildman–Crippen MR) is 114 cm³/mol. The maximum atomic E-state index is 12.8. The normalized spacial score (nSPS) is 14.8. The van der Waals surface area contributed by atoms with Crippen molar-refractivity contribution >= 4 is 23.5 Å². The van der Waals surface area contributed by atoms with Crippen LogP contribution >= 0.6 is 0 Å². The zero-order valence-electron chi connectivity index (χ0n) is 16.6. The van der Waals surface area contributed by atoms with Crippen LogP contribution in [0, 0.1) is 0 Å². The summed E-state index contributed by atoms with van der Waals surface area (Å²) in [5, 5.41) is 11.8. The zero-order valence-corrected chi connectivity index (χ0v) is 16.6. The first-order valence-electron chi connectivity index (χ1n) is 9.85. The van der Waals surface area contributed by atoms with Crippen molar-refractivity contribution in [3.63, 3.8) is 0 Å². The van der Waals surface area contributed by atoms with Gasteiger partial charge in [0.15, 0.2) is 6.10 Å². The van der Waals surface area contributed by atoms with E-state index in [0.29, 0.717) is 22.8 Å². The average molecular weight is 419 g/mol. The SMILES string of the molecule is O=C(O)CCc1ccc(-c2ccccc2)n1NC(=O)C[C@@H]1Oc2ccccc2NC1=O. The molecule has 1 aromatic heterocycles. The first-order valence-corrected chi connectivity index (χ1v) is 9.85. The van der Waals surface area contributed by atoms with Gasteiger partial charge in [0.1, 0.15) is 5.75 Å². The number of carboxylic acid groups (broad SMARTS) is 1. The Bertz CT molecular complexity index is 1120. The Morgan fingerprint density at radius 3 is 2.55 bits per heavy atom. The predicted octanol–water partition coefficient (Wildman–Crippen LogP) is 3.03. The van der Waals surface area contributed by atoms with Crippen LogP contribution in [0.2, 0.25) is 0 Å². The molecular weight excluding hydrogens is 398 g/mol. The molecule has 158 valence electrons. The number of fused-ring (bicyclic) bond motifs is 1. The van der Waals surface area contributed by atoms with Crippen LogP contribution in [0.4, 0.5) is 5.69 Å². The minimum atomic E-state index is -0.965. The molecule has 3 N–H and O–H groups in total. The molecule has 8 nitrogen and oxygen atoms in total. The highest BCUT2D eigenvalue weighted by Crippen LogP contribution is 2.29. The third-order valence-electron chi connectivity index (χ3n) is 4.94. The number of ether oxygens (including phenoxy) is 1. The fourth-order valence-corrected chi connectivity index (χ4v) is 3.44. The number of anilines is 1. The highest BCUT2D eigenvalue weighted by Gasteiger charge is 2.30. The molecule has 2 aromatic carbocycles. The number of benzene rings is 2. The van der Waals surface area contributed by atoms with Crippen LogP contribution in [0.15, 0.2) is 66.7 Å². The second-order valence-electron chi connectivity index (χ2n) is 7.14. The maximum Gasteiger partial charge on any atom is 0.303 e. The van der Waals surface area contributed by atoms with E-state index in [1.165, 1.54) is 0 Å². The van der Waals surface area contributed by atoms with E-state index in [1.807, 2.05) is 36.4 Å². The van der Waals surface area contributed by atoms with Gasteiger partial charge in [-0.15, -0.1) is 0 Å². The van der Waals surface area contributed by atoms with E-state index >= 15 is 0 Å². The lowest BCUT2D eigenvalue weighted by Gasteiger charge is -2.25. The van der Waals surface area contributed by atoms with Crippen LogP contribution in [0.25, 0.3) is 11.3 Å². The number of aliphatic carboxylic acids is 1. The van der Waals surface area contributed by atoms with Crippen molar-refractivity contribution in [2.75, 3.05) is 10.7 Å². The molecule has 1 aliphatic heterocycles. The van der Waals surface area contributed by atoms with Crippen LogP contribution in [0.1, 0.15) is 18.5 Å². The molecule has 8 heteroatoms. The number of hydrogen-bond donors (Lipinski definition) is 3. The first kappa shape index (κ1) is 20.2. The largest absolute Gasteiger partial charge is 0.481 e. The zero-order chi connectivity index (χ0) is 21.8. The summed E-state index contributed by atoms with van der Waals surface area (Å²) in [6.45, 7) is 0. The smallest absolute Gasteiger partial charge is 0.303 e. The number of amides is 2. The topological polar surface area (TPSA) is 110 Å². The molecule has 1 aliphatic rings. The van der Waals surface area contributed by atoms with Gasteiger partial charge in [-0.25, -0.2) is 0 Å². The standard InChI is InChI=1S/C23H21N3O5/c27-21(14-20-23(30)24-17-8-4-5-9-19(17)31-20)25-26-16(11-13-22(28)29)10-12-18(26)15-6-2-1-3-7-15/h1-10,12,20H,11,13-14H2,(H,24,30)(H,25,27)(H,28,29)/t20-/m0/s1. The number of carbonyl (C=O) groups excluding carboxylic acids is 2. The minimum Gasteiger partial charge on any atom is -0.481 e. The van der Waals surface area contributed by atoms with Gasteiger partial charge in [0.2, 0.25) is 5.91 Å². The molecular formula is C23H21N3O5. The van der Waals surface area contributed by atoms with Crippen LogP contribution in [0.5, 0.6) is 5.75 Å². The summed E-state index contributed by atoms with van der Waals surface area (Å²) < 4.78 is 7.28.